The molecule has 6 nitrogen and oxygen atoms in total. The molecule has 116 valence electrons. The van der Waals surface area contributed by atoms with Crippen molar-refractivity contribution in [3.05, 3.63) is 23.9 Å². The molecular weight excluding hydrogens is 270 g/mol. The summed E-state index contributed by atoms with van der Waals surface area (Å²) < 4.78 is 5.10. The van der Waals surface area contributed by atoms with E-state index >= 15 is 0 Å². The summed E-state index contributed by atoms with van der Waals surface area (Å²) in [5, 5.41) is 12.3. The van der Waals surface area contributed by atoms with Crippen LogP contribution in [0, 0.1) is 0 Å². The fourth-order valence-corrected chi connectivity index (χ4v) is 2.64. The summed E-state index contributed by atoms with van der Waals surface area (Å²) in [6, 6.07) is 6.54. The maximum absolute atomic E-state index is 10.8. The molecule has 6 heteroatoms. The fourth-order valence-electron chi connectivity index (χ4n) is 2.64. The number of carboxylic acids is 1. The zero-order valence-corrected chi connectivity index (χ0v) is 12.6. The van der Waals surface area contributed by atoms with E-state index in [9.17, 15) is 4.79 Å². The standard InChI is InChI=1S/C15H23N3O3/c1-3-18(10-15(19)20)13-7-12(8-13)16-9-11-5-4-6-14(17-11)21-2/h4-6,12-13,16H,3,7-10H2,1-2H3,(H,19,20). The number of likely N-dealkylation sites (N-methyl/N-ethyl adjacent to an activating group) is 1. The second-order valence-electron chi connectivity index (χ2n) is 5.33. The van der Waals surface area contributed by atoms with Crippen molar-refractivity contribution in [3.63, 3.8) is 0 Å². The molecule has 1 aliphatic carbocycles. The minimum atomic E-state index is -0.756. The topological polar surface area (TPSA) is 74.7 Å². The number of rotatable bonds is 8. The molecule has 0 saturated heterocycles. The van der Waals surface area contributed by atoms with E-state index in [1.165, 1.54) is 0 Å². The lowest BCUT2D eigenvalue weighted by molar-refractivity contribution is -0.139. The molecule has 0 radical (unpaired) electrons. The Morgan fingerprint density at radius 1 is 1.52 bits per heavy atom. The van der Waals surface area contributed by atoms with Gasteiger partial charge in [0.05, 0.1) is 19.3 Å². The first kappa shape index (κ1) is 15.7. The molecule has 1 heterocycles. The zero-order valence-electron chi connectivity index (χ0n) is 12.6. The molecule has 0 aromatic carbocycles. The lowest BCUT2D eigenvalue weighted by Gasteiger charge is -2.42. The molecule has 1 aromatic heterocycles. The van der Waals surface area contributed by atoms with E-state index in [1.807, 2.05) is 30.0 Å². The Morgan fingerprint density at radius 3 is 2.90 bits per heavy atom. The zero-order chi connectivity index (χ0) is 15.2. The molecular formula is C15H23N3O3. The van der Waals surface area contributed by atoms with Crippen molar-refractivity contribution in [2.75, 3.05) is 20.2 Å². The molecule has 0 unspecified atom stereocenters. The molecule has 1 aromatic rings. The predicted octanol–water partition coefficient (Wildman–Crippen LogP) is 1.12. The number of ether oxygens (including phenoxy) is 1. The van der Waals surface area contributed by atoms with Crippen LogP contribution in [-0.4, -0.2) is 53.2 Å². The lowest BCUT2D eigenvalue weighted by Crippen LogP contribution is -2.53. The number of nitrogens with zero attached hydrogens (tertiary/aromatic N) is 2. The van der Waals surface area contributed by atoms with Crippen molar-refractivity contribution >= 4 is 5.97 Å². The molecule has 0 bridgehead atoms. The van der Waals surface area contributed by atoms with Crippen molar-refractivity contribution in [2.24, 2.45) is 0 Å². The first-order valence-electron chi connectivity index (χ1n) is 7.31. The predicted molar refractivity (Wildman–Crippen MR) is 79.3 cm³/mol. The number of nitrogens with one attached hydrogen (secondary N) is 1. The molecule has 1 fully saturated rings. The Hall–Kier alpha value is -1.66. The molecule has 0 aliphatic heterocycles. The smallest absolute Gasteiger partial charge is 0.317 e. The number of aliphatic carboxylic acids is 1. The van der Waals surface area contributed by atoms with E-state index in [0.29, 0.717) is 24.5 Å². The Labute approximate surface area is 125 Å². The third-order valence-electron chi connectivity index (χ3n) is 3.94. The van der Waals surface area contributed by atoms with Crippen LogP contribution in [0.2, 0.25) is 0 Å². The first-order valence-corrected chi connectivity index (χ1v) is 7.31. The second-order valence-corrected chi connectivity index (χ2v) is 5.33. The van der Waals surface area contributed by atoms with Crippen LogP contribution < -0.4 is 10.1 Å². The van der Waals surface area contributed by atoms with Gasteiger partial charge in [0.25, 0.3) is 0 Å². The van der Waals surface area contributed by atoms with Gasteiger partial charge in [0.2, 0.25) is 5.88 Å². The van der Waals surface area contributed by atoms with E-state index in [1.54, 1.807) is 7.11 Å². The minimum absolute atomic E-state index is 0.130. The summed E-state index contributed by atoms with van der Waals surface area (Å²) in [5.74, 6) is -0.131. The number of hydrogen-bond acceptors (Lipinski definition) is 5. The average Bonchev–Trinajstić information content (AvgIpc) is 2.44. The van der Waals surface area contributed by atoms with Crippen LogP contribution in [0.1, 0.15) is 25.5 Å². The summed E-state index contributed by atoms with van der Waals surface area (Å²) in [6.45, 7) is 3.62. The van der Waals surface area contributed by atoms with Crippen molar-refractivity contribution in [2.45, 2.75) is 38.4 Å². The van der Waals surface area contributed by atoms with E-state index in [4.69, 9.17) is 9.84 Å². The van der Waals surface area contributed by atoms with Crippen LogP contribution in [-0.2, 0) is 11.3 Å². The van der Waals surface area contributed by atoms with Gasteiger partial charge in [-0.15, -0.1) is 0 Å². The number of carbonyl (C=O) groups is 1. The van der Waals surface area contributed by atoms with Crippen molar-refractivity contribution in [1.82, 2.24) is 15.2 Å². The number of methoxy groups -OCH3 is 1. The highest BCUT2D eigenvalue weighted by atomic mass is 16.5. The fraction of sp³-hybridized carbons (Fsp3) is 0.600. The molecule has 21 heavy (non-hydrogen) atoms. The maximum Gasteiger partial charge on any atom is 0.317 e. The Morgan fingerprint density at radius 2 is 2.29 bits per heavy atom. The summed E-state index contributed by atoms with van der Waals surface area (Å²) >= 11 is 0. The van der Waals surface area contributed by atoms with E-state index < -0.39 is 5.97 Å². The number of pyridine rings is 1. The molecule has 1 saturated carbocycles. The molecule has 0 spiro atoms. The van der Waals surface area contributed by atoms with Gasteiger partial charge in [0.15, 0.2) is 0 Å². The van der Waals surface area contributed by atoms with Crippen molar-refractivity contribution < 1.29 is 14.6 Å². The van der Waals surface area contributed by atoms with Crippen LogP contribution in [0.25, 0.3) is 0 Å². The van der Waals surface area contributed by atoms with E-state index in [-0.39, 0.29) is 6.54 Å². The third-order valence-corrected chi connectivity index (χ3v) is 3.94. The summed E-state index contributed by atoms with van der Waals surface area (Å²) in [6.07, 6.45) is 1.98. The molecule has 0 amide bonds. The Kier molecular flexibility index (Phi) is 5.52. The maximum atomic E-state index is 10.8. The Bertz CT molecular complexity index is 475. The summed E-state index contributed by atoms with van der Waals surface area (Å²) in [5.41, 5.74) is 0.954. The molecule has 1 aliphatic rings. The van der Waals surface area contributed by atoms with Crippen LogP contribution in [0.15, 0.2) is 18.2 Å². The van der Waals surface area contributed by atoms with Gasteiger partial charge >= 0.3 is 5.97 Å². The monoisotopic (exact) mass is 293 g/mol. The molecule has 2 N–H and O–H groups in total. The number of carboxylic acid groups (broad SMARTS) is 1. The average molecular weight is 293 g/mol. The second kappa shape index (κ2) is 7.38. The lowest BCUT2D eigenvalue weighted by atomic mass is 9.85. The summed E-state index contributed by atoms with van der Waals surface area (Å²) in [7, 11) is 1.61. The van der Waals surface area contributed by atoms with E-state index in [2.05, 4.69) is 10.3 Å². The first-order chi connectivity index (χ1) is 10.1. The summed E-state index contributed by atoms with van der Waals surface area (Å²) in [4.78, 5) is 17.2. The van der Waals surface area contributed by atoms with Crippen LogP contribution in [0.3, 0.4) is 0 Å². The van der Waals surface area contributed by atoms with Crippen molar-refractivity contribution in [1.29, 1.82) is 0 Å². The largest absolute Gasteiger partial charge is 0.481 e. The van der Waals surface area contributed by atoms with Gasteiger partial charge in [-0.05, 0) is 25.5 Å². The number of hydrogen-bond donors (Lipinski definition) is 2. The normalized spacial score (nSPS) is 21.1. The third kappa shape index (κ3) is 4.41. The van der Waals surface area contributed by atoms with Gasteiger partial charge in [-0.3, -0.25) is 9.69 Å². The van der Waals surface area contributed by atoms with Gasteiger partial charge in [-0.1, -0.05) is 13.0 Å². The van der Waals surface area contributed by atoms with Gasteiger partial charge in [0.1, 0.15) is 0 Å². The van der Waals surface area contributed by atoms with Gasteiger partial charge in [-0.25, -0.2) is 4.98 Å². The molecule has 2 rings (SSSR count). The van der Waals surface area contributed by atoms with Crippen LogP contribution in [0.4, 0.5) is 0 Å². The number of aromatic nitrogens is 1. The van der Waals surface area contributed by atoms with Crippen LogP contribution >= 0.6 is 0 Å². The van der Waals surface area contributed by atoms with Crippen molar-refractivity contribution in [3.8, 4) is 5.88 Å². The highest BCUT2D eigenvalue weighted by Crippen LogP contribution is 2.25. The van der Waals surface area contributed by atoms with Crippen LogP contribution in [0.5, 0.6) is 5.88 Å². The minimum Gasteiger partial charge on any atom is -0.481 e. The van der Waals surface area contributed by atoms with Gasteiger partial charge < -0.3 is 15.2 Å². The van der Waals surface area contributed by atoms with Gasteiger partial charge in [0, 0.05) is 24.7 Å². The van der Waals surface area contributed by atoms with E-state index in [0.717, 1.165) is 25.1 Å². The van der Waals surface area contributed by atoms with Gasteiger partial charge in [-0.2, -0.15) is 0 Å². The Balaban J connectivity index is 1.73. The SMILES string of the molecule is CCN(CC(=O)O)C1CC(NCc2cccc(OC)n2)C1. The molecule has 0 atom stereocenters. The highest BCUT2D eigenvalue weighted by molar-refractivity contribution is 5.69. The highest BCUT2D eigenvalue weighted by Gasteiger charge is 2.33. The quantitative estimate of drug-likeness (QED) is 0.748.